The molecule has 3 atom stereocenters. The number of amides is 1. The van der Waals surface area contributed by atoms with Crippen LogP contribution in [-0.2, 0) is 4.79 Å². The van der Waals surface area contributed by atoms with Crippen LogP contribution in [0.1, 0.15) is 44.9 Å². The van der Waals surface area contributed by atoms with E-state index in [1.54, 1.807) is 0 Å². The average molecular weight is 273 g/mol. The summed E-state index contributed by atoms with van der Waals surface area (Å²) in [5.41, 5.74) is 0. The summed E-state index contributed by atoms with van der Waals surface area (Å²) in [5.74, 6) is 2.27. The number of hydrogen-bond acceptors (Lipinski definition) is 2. The van der Waals surface area contributed by atoms with E-state index in [-0.39, 0.29) is 18.3 Å². The largest absolute Gasteiger partial charge is 0.353 e. The minimum atomic E-state index is 0. The molecule has 1 heterocycles. The van der Waals surface area contributed by atoms with Crippen LogP contribution < -0.4 is 10.6 Å². The van der Waals surface area contributed by atoms with Gasteiger partial charge < -0.3 is 10.6 Å². The highest BCUT2D eigenvalue weighted by atomic mass is 35.5. The van der Waals surface area contributed by atoms with Crippen molar-refractivity contribution in [3.8, 4) is 0 Å². The predicted molar refractivity (Wildman–Crippen MR) is 74.8 cm³/mol. The quantitative estimate of drug-likeness (QED) is 0.826. The van der Waals surface area contributed by atoms with E-state index in [0.717, 1.165) is 31.3 Å². The summed E-state index contributed by atoms with van der Waals surface area (Å²) in [5, 5.41) is 6.52. The lowest BCUT2D eigenvalue weighted by Crippen LogP contribution is -2.34. The van der Waals surface area contributed by atoms with E-state index in [1.165, 1.54) is 38.5 Å². The van der Waals surface area contributed by atoms with Gasteiger partial charge in [0.2, 0.25) is 5.91 Å². The topological polar surface area (TPSA) is 41.1 Å². The van der Waals surface area contributed by atoms with E-state index >= 15 is 0 Å². The minimum absolute atomic E-state index is 0. The second-order valence-electron chi connectivity index (χ2n) is 6.10. The second kappa shape index (κ2) is 6.25. The fourth-order valence-electron chi connectivity index (χ4n) is 3.64. The van der Waals surface area contributed by atoms with Crippen molar-refractivity contribution in [3.05, 3.63) is 0 Å². The highest BCUT2D eigenvalue weighted by Crippen LogP contribution is 2.44. The molecule has 0 aromatic rings. The Morgan fingerprint density at radius 2 is 1.89 bits per heavy atom. The predicted octanol–water partition coefficient (Wildman–Crippen LogP) is 2.10. The highest BCUT2D eigenvalue weighted by molar-refractivity contribution is 5.85. The van der Waals surface area contributed by atoms with E-state index in [1.807, 2.05) is 0 Å². The van der Waals surface area contributed by atoms with Gasteiger partial charge in [-0.2, -0.15) is 0 Å². The zero-order valence-corrected chi connectivity index (χ0v) is 11.8. The first kappa shape index (κ1) is 14.1. The Balaban J connectivity index is 0.00000120. The van der Waals surface area contributed by atoms with Gasteiger partial charge in [-0.3, -0.25) is 4.79 Å². The first-order chi connectivity index (χ1) is 8.34. The van der Waals surface area contributed by atoms with E-state index in [2.05, 4.69) is 10.6 Å². The lowest BCUT2D eigenvalue weighted by Gasteiger charge is -2.21. The summed E-state index contributed by atoms with van der Waals surface area (Å²) >= 11 is 0. The third kappa shape index (κ3) is 3.18. The van der Waals surface area contributed by atoms with Gasteiger partial charge >= 0.3 is 0 Å². The minimum Gasteiger partial charge on any atom is -0.353 e. The maximum Gasteiger partial charge on any atom is 0.224 e. The number of nitrogens with one attached hydrogen (secondary N) is 2. The van der Waals surface area contributed by atoms with Crippen LogP contribution in [0.4, 0.5) is 0 Å². The molecule has 3 fully saturated rings. The Labute approximate surface area is 116 Å². The smallest absolute Gasteiger partial charge is 0.224 e. The second-order valence-corrected chi connectivity index (χ2v) is 6.10. The standard InChI is InChI=1S/C14H24N2O.ClH/c17-14(11-6-7-15-9-11)16-13-8-12(13)10-4-2-1-3-5-10;/h10-13,15H,1-9H2,(H,16,17);1H. The van der Waals surface area contributed by atoms with E-state index < -0.39 is 0 Å². The van der Waals surface area contributed by atoms with Gasteiger partial charge in [0.1, 0.15) is 0 Å². The van der Waals surface area contributed by atoms with Crippen LogP contribution in [0.25, 0.3) is 0 Å². The highest BCUT2D eigenvalue weighted by Gasteiger charge is 2.44. The van der Waals surface area contributed by atoms with Crippen LogP contribution in [0.3, 0.4) is 0 Å². The maximum absolute atomic E-state index is 12.0. The molecule has 2 saturated carbocycles. The van der Waals surface area contributed by atoms with Crippen molar-refractivity contribution >= 4 is 18.3 Å². The zero-order chi connectivity index (χ0) is 11.7. The molecule has 1 saturated heterocycles. The van der Waals surface area contributed by atoms with Crippen molar-refractivity contribution in [1.29, 1.82) is 0 Å². The molecule has 3 unspecified atom stereocenters. The van der Waals surface area contributed by atoms with Crippen molar-refractivity contribution in [2.24, 2.45) is 17.8 Å². The molecule has 1 aliphatic heterocycles. The van der Waals surface area contributed by atoms with Gasteiger partial charge in [0.25, 0.3) is 0 Å². The van der Waals surface area contributed by atoms with Crippen molar-refractivity contribution in [1.82, 2.24) is 10.6 Å². The molecule has 2 N–H and O–H groups in total. The Bertz CT molecular complexity index is 286. The molecule has 0 aromatic heterocycles. The molecule has 3 rings (SSSR count). The summed E-state index contributed by atoms with van der Waals surface area (Å²) in [4.78, 5) is 12.0. The van der Waals surface area contributed by atoms with Crippen LogP contribution >= 0.6 is 12.4 Å². The van der Waals surface area contributed by atoms with Crippen molar-refractivity contribution in [3.63, 3.8) is 0 Å². The molecule has 0 radical (unpaired) electrons. The normalized spacial score (nSPS) is 35.9. The third-order valence-electron chi connectivity index (χ3n) is 4.85. The molecule has 0 bridgehead atoms. The molecular formula is C14H25ClN2O. The van der Waals surface area contributed by atoms with Gasteiger partial charge in [0.15, 0.2) is 0 Å². The van der Waals surface area contributed by atoms with Crippen LogP contribution in [0, 0.1) is 17.8 Å². The van der Waals surface area contributed by atoms with Gasteiger partial charge in [-0.25, -0.2) is 0 Å². The summed E-state index contributed by atoms with van der Waals surface area (Å²) in [6.07, 6.45) is 9.32. The maximum atomic E-state index is 12.0. The number of hydrogen-bond donors (Lipinski definition) is 2. The number of halogens is 1. The summed E-state index contributed by atoms with van der Waals surface area (Å²) < 4.78 is 0. The molecule has 104 valence electrons. The van der Waals surface area contributed by atoms with Crippen LogP contribution in [0.5, 0.6) is 0 Å². The molecular weight excluding hydrogens is 248 g/mol. The van der Waals surface area contributed by atoms with Gasteiger partial charge in [-0.15, -0.1) is 12.4 Å². The van der Waals surface area contributed by atoms with E-state index in [4.69, 9.17) is 0 Å². The molecule has 0 spiro atoms. The Kier molecular flexibility index (Phi) is 4.91. The monoisotopic (exact) mass is 272 g/mol. The van der Waals surface area contributed by atoms with E-state index in [9.17, 15) is 4.79 Å². The molecule has 0 aromatic carbocycles. The summed E-state index contributed by atoms with van der Waals surface area (Å²) in [6.45, 7) is 1.89. The van der Waals surface area contributed by atoms with Gasteiger partial charge in [-0.05, 0) is 31.2 Å². The van der Waals surface area contributed by atoms with Crippen LogP contribution in [0.2, 0.25) is 0 Å². The number of rotatable bonds is 3. The first-order valence-corrected chi connectivity index (χ1v) is 7.35. The fourth-order valence-corrected chi connectivity index (χ4v) is 3.64. The Hall–Kier alpha value is -0.280. The van der Waals surface area contributed by atoms with Crippen LogP contribution in [0.15, 0.2) is 0 Å². The van der Waals surface area contributed by atoms with Gasteiger partial charge in [0.05, 0.1) is 5.92 Å². The molecule has 3 aliphatic rings. The number of carbonyl (C=O) groups excluding carboxylic acids is 1. The fraction of sp³-hybridized carbons (Fsp3) is 0.929. The first-order valence-electron chi connectivity index (χ1n) is 7.35. The molecule has 2 aliphatic carbocycles. The molecule has 4 heteroatoms. The van der Waals surface area contributed by atoms with Gasteiger partial charge in [-0.1, -0.05) is 32.1 Å². The summed E-state index contributed by atoms with van der Waals surface area (Å²) in [6, 6.07) is 0.520. The average Bonchev–Trinajstić information content (AvgIpc) is 2.92. The molecule has 18 heavy (non-hydrogen) atoms. The van der Waals surface area contributed by atoms with Crippen molar-refractivity contribution in [2.45, 2.75) is 51.0 Å². The van der Waals surface area contributed by atoms with Crippen molar-refractivity contribution < 1.29 is 4.79 Å². The third-order valence-corrected chi connectivity index (χ3v) is 4.85. The molecule has 3 nitrogen and oxygen atoms in total. The lowest BCUT2D eigenvalue weighted by atomic mass is 9.85. The zero-order valence-electron chi connectivity index (χ0n) is 11.0. The summed E-state index contributed by atoms with van der Waals surface area (Å²) in [7, 11) is 0. The Morgan fingerprint density at radius 3 is 2.56 bits per heavy atom. The van der Waals surface area contributed by atoms with Crippen molar-refractivity contribution in [2.75, 3.05) is 13.1 Å². The molecule has 1 amide bonds. The Morgan fingerprint density at radius 1 is 1.11 bits per heavy atom. The number of carbonyl (C=O) groups is 1. The SMILES string of the molecule is Cl.O=C(NC1CC1C1CCCCC1)C1CCNC1. The van der Waals surface area contributed by atoms with E-state index in [0.29, 0.717) is 11.9 Å². The van der Waals surface area contributed by atoms with Crippen LogP contribution in [-0.4, -0.2) is 25.0 Å². The lowest BCUT2D eigenvalue weighted by molar-refractivity contribution is -0.124. The van der Waals surface area contributed by atoms with Gasteiger partial charge in [0, 0.05) is 12.6 Å².